The van der Waals surface area contributed by atoms with Gasteiger partial charge in [0.1, 0.15) is 15.7 Å². The van der Waals surface area contributed by atoms with Gasteiger partial charge in [0, 0.05) is 32.4 Å². The highest BCUT2D eigenvalue weighted by atomic mass is 35.5. The summed E-state index contributed by atoms with van der Waals surface area (Å²) < 4.78 is 0.709. The highest BCUT2D eigenvalue weighted by molar-refractivity contribution is 7.24. The van der Waals surface area contributed by atoms with E-state index in [0.717, 1.165) is 21.4 Å². The molecule has 0 aromatic carbocycles. The summed E-state index contributed by atoms with van der Waals surface area (Å²) in [5, 5.41) is 9.88. The van der Waals surface area contributed by atoms with Crippen LogP contribution in [0.25, 0.3) is 9.88 Å². The monoisotopic (exact) mass is 429 g/mol. The van der Waals surface area contributed by atoms with Crippen LogP contribution in [0.3, 0.4) is 0 Å². The van der Waals surface area contributed by atoms with Crippen LogP contribution in [0.15, 0.2) is 30.5 Å². The van der Waals surface area contributed by atoms with Crippen molar-refractivity contribution in [2.75, 3.05) is 31.1 Å². The first-order chi connectivity index (χ1) is 13.5. The van der Waals surface area contributed by atoms with Crippen LogP contribution in [0.2, 0.25) is 4.34 Å². The Bertz CT molecular complexity index is 1060. The predicted molar refractivity (Wildman–Crippen MR) is 112 cm³/mol. The van der Waals surface area contributed by atoms with E-state index >= 15 is 0 Å². The van der Waals surface area contributed by atoms with Gasteiger partial charge in [-0.2, -0.15) is 5.26 Å². The zero-order chi connectivity index (χ0) is 19.7. The molecule has 0 atom stereocenters. The number of nitrogens with zero attached hydrogens (tertiary/aromatic N) is 5. The van der Waals surface area contributed by atoms with Gasteiger partial charge in [0.15, 0.2) is 0 Å². The molecule has 0 bridgehead atoms. The van der Waals surface area contributed by atoms with Gasteiger partial charge in [0.25, 0.3) is 5.91 Å². The topological polar surface area (TPSA) is 73.1 Å². The number of nitriles is 1. The molecule has 3 aromatic rings. The number of carbonyl (C=O) groups excluding carboxylic acids is 1. The number of aromatic nitrogens is 2. The zero-order valence-electron chi connectivity index (χ0n) is 15.1. The fourth-order valence-corrected chi connectivity index (χ4v) is 5.20. The van der Waals surface area contributed by atoms with Crippen LogP contribution in [-0.4, -0.2) is 47.0 Å². The average molecular weight is 430 g/mol. The maximum atomic E-state index is 13.0. The van der Waals surface area contributed by atoms with Crippen molar-refractivity contribution in [3.8, 4) is 16.0 Å². The number of thiophene rings is 1. The van der Waals surface area contributed by atoms with Gasteiger partial charge in [-0.25, -0.2) is 9.97 Å². The van der Waals surface area contributed by atoms with E-state index in [2.05, 4.69) is 20.9 Å². The van der Waals surface area contributed by atoms with Gasteiger partial charge in [-0.1, -0.05) is 11.6 Å². The third-order valence-electron chi connectivity index (χ3n) is 4.54. The SMILES string of the molecule is Cc1nc(-c2ccc(Cl)s2)sc1C(=O)N1CCN(c2cc(C#N)ccn2)CC1. The summed E-state index contributed by atoms with van der Waals surface area (Å²) >= 11 is 8.90. The Balaban J connectivity index is 1.46. The minimum Gasteiger partial charge on any atom is -0.353 e. The molecular weight excluding hydrogens is 414 g/mol. The minimum absolute atomic E-state index is 0.0160. The van der Waals surface area contributed by atoms with Gasteiger partial charge in [-0.3, -0.25) is 4.79 Å². The third kappa shape index (κ3) is 3.74. The summed E-state index contributed by atoms with van der Waals surface area (Å²) in [5.41, 5.74) is 1.34. The first-order valence-corrected chi connectivity index (χ1v) is 10.7. The smallest absolute Gasteiger partial charge is 0.265 e. The van der Waals surface area contributed by atoms with E-state index in [1.54, 1.807) is 18.3 Å². The molecule has 0 saturated carbocycles. The number of aryl methyl sites for hydroxylation is 1. The maximum Gasteiger partial charge on any atom is 0.265 e. The van der Waals surface area contributed by atoms with Crippen molar-refractivity contribution in [3.05, 3.63) is 50.9 Å². The van der Waals surface area contributed by atoms with Crippen molar-refractivity contribution in [2.45, 2.75) is 6.92 Å². The Hall–Kier alpha value is -2.47. The van der Waals surface area contributed by atoms with E-state index in [1.807, 2.05) is 24.0 Å². The van der Waals surface area contributed by atoms with Gasteiger partial charge < -0.3 is 9.80 Å². The van der Waals surface area contributed by atoms with Gasteiger partial charge >= 0.3 is 0 Å². The number of thiazole rings is 1. The molecule has 0 N–H and O–H groups in total. The molecule has 4 rings (SSSR count). The number of halogens is 1. The quantitative estimate of drug-likeness (QED) is 0.627. The van der Waals surface area contributed by atoms with E-state index in [1.165, 1.54) is 22.7 Å². The summed E-state index contributed by atoms with van der Waals surface area (Å²) in [5.74, 6) is 0.791. The second kappa shape index (κ2) is 7.87. The second-order valence-corrected chi connectivity index (χ2v) is 9.05. The summed E-state index contributed by atoms with van der Waals surface area (Å²) in [6, 6.07) is 9.38. The lowest BCUT2D eigenvalue weighted by molar-refractivity contribution is 0.0750. The molecule has 0 radical (unpaired) electrons. The zero-order valence-corrected chi connectivity index (χ0v) is 17.4. The van der Waals surface area contributed by atoms with E-state index in [4.69, 9.17) is 16.9 Å². The number of carbonyl (C=O) groups is 1. The predicted octanol–water partition coefficient (Wildman–Crippen LogP) is 4.06. The van der Waals surface area contributed by atoms with E-state index < -0.39 is 0 Å². The van der Waals surface area contributed by atoms with Crippen LogP contribution in [0.4, 0.5) is 5.82 Å². The van der Waals surface area contributed by atoms with E-state index in [9.17, 15) is 4.79 Å². The second-order valence-electron chi connectivity index (χ2n) is 6.33. The summed E-state index contributed by atoms with van der Waals surface area (Å²) in [4.78, 5) is 27.5. The molecule has 9 heteroatoms. The first-order valence-electron chi connectivity index (χ1n) is 8.68. The summed E-state index contributed by atoms with van der Waals surface area (Å²) in [6.45, 7) is 4.44. The van der Waals surface area contributed by atoms with Gasteiger partial charge in [0.05, 0.1) is 26.5 Å². The van der Waals surface area contributed by atoms with Crippen molar-refractivity contribution in [1.29, 1.82) is 5.26 Å². The standard InChI is InChI=1S/C19H16ClN5OS2/c1-12-17(28-18(23-12)14-2-3-15(20)27-14)19(26)25-8-6-24(7-9-25)16-10-13(11-21)4-5-22-16/h2-5,10H,6-9H2,1H3. The largest absolute Gasteiger partial charge is 0.353 e. The molecule has 1 amide bonds. The van der Waals surface area contributed by atoms with E-state index in [0.29, 0.717) is 41.0 Å². The minimum atomic E-state index is 0.0160. The molecule has 142 valence electrons. The molecule has 1 aliphatic heterocycles. The number of hydrogen-bond donors (Lipinski definition) is 0. The van der Waals surface area contributed by atoms with Crippen molar-refractivity contribution in [1.82, 2.24) is 14.9 Å². The Kier molecular flexibility index (Phi) is 5.31. The van der Waals surface area contributed by atoms with Crippen molar-refractivity contribution in [3.63, 3.8) is 0 Å². The molecule has 1 aliphatic rings. The number of hydrogen-bond acceptors (Lipinski definition) is 7. The van der Waals surface area contributed by atoms with Crippen LogP contribution in [0.1, 0.15) is 20.9 Å². The molecule has 0 unspecified atom stereocenters. The first kappa shape index (κ1) is 18.9. The molecule has 1 fully saturated rings. The molecule has 4 heterocycles. The van der Waals surface area contributed by atoms with Gasteiger partial charge in [-0.15, -0.1) is 22.7 Å². The van der Waals surface area contributed by atoms with Crippen molar-refractivity contribution in [2.24, 2.45) is 0 Å². The number of pyridine rings is 1. The Morgan fingerprint density at radius 3 is 2.68 bits per heavy atom. The number of rotatable bonds is 3. The fourth-order valence-electron chi connectivity index (χ4n) is 3.07. The van der Waals surface area contributed by atoms with Crippen molar-refractivity contribution < 1.29 is 4.79 Å². The van der Waals surface area contributed by atoms with Crippen LogP contribution in [0, 0.1) is 18.3 Å². The molecule has 28 heavy (non-hydrogen) atoms. The highest BCUT2D eigenvalue weighted by Gasteiger charge is 2.26. The lowest BCUT2D eigenvalue weighted by atomic mass is 10.2. The molecule has 0 aliphatic carbocycles. The highest BCUT2D eigenvalue weighted by Crippen LogP contribution is 2.35. The number of piperazine rings is 1. The third-order valence-corrected chi connectivity index (χ3v) is 7.09. The maximum absolute atomic E-state index is 13.0. The Labute approximate surface area is 175 Å². The number of anilines is 1. The number of amides is 1. The molecule has 0 spiro atoms. The lowest BCUT2D eigenvalue weighted by Crippen LogP contribution is -2.49. The van der Waals surface area contributed by atoms with Gasteiger partial charge in [-0.05, 0) is 31.2 Å². The summed E-state index contributed by atoms with van der Waals surface area (Å²) in [6.07, 6.45) is 1.64. The molecule has 1 saturated heterocycles. The lowest BCUT2D eigenvalue weighted by Gasteiger charge is -2.35. The Morgan fingerprint density at radius 2 is 2.00 bits per heavy atom. The molecule has 6 nitrogen and oxygen atoms in total. The summed E-state index contributed by atoms with van der Waals surface area (Å²) in [7, 11) is 0. The van der Waals surface area contributed by atoms with Gasteiger partial charge in [0.2, 0.25) is 0 Å². The van der Waals surface area contributed by atoms with Crippen LogP contribution in [-0.2, 0) is 0 Å². The van der Waals surface area contributed by atoms with Crippen LogP contribution in [0.5, 0.6) is 0 Å². The average Bonchev–Trinajstić information content (AvgIpc) is 3.33. The molecule has 3 aromatic heterocycles. The van der Waals surface area contributed by atoms with Crippen LogP contribution >= 0.6 is 34.3 Å². The van der Waals surface area contributed by atoms with E-state index in [-0.39, 0.29) is 5.91 Å². The fraction of sp³-hybridized carbons (Fsp3) is 0.263. The molecular formula is C19H16ClN5OS2. The van der Waals surface area contributed by atoms with Crippen LogP contribution < -0.4 is 4.90 Å². The normalized spacial score (nSPS) is 14.2. The van der Waals surface area contributed by atoms with Crippen molar-refractivity contribution >= 4 is 46.0 Å². The Morgan fingerprint density at radius 1 is 1.21 bits per heavy atom.